The van der Waals surface area contributed by atoms with Gasteiger partial charge in [-0.3, -0.25) is 4.72 Å². The first-order valence-electron chi connectivity index (χ1n) is 6.33. The second-order valence-corrected chi connectivity index (χ2v) is 6.33. The predicted octanol–water partition coefficient (Wildman–Crippen LogP) is 2.62. The van der Waals surface area contributed by atoms with Crippen molar-refractivity contribution in [1.82, 2.24) is 9.71 Å². The minimum absolute atomic E-state index is 0.271. The van der Waals surface area contributed by atoms with Crippen molar-refractivity contribution in [2.75, 3.05) is 0 Å². The number of sulfonamides is 1. The molecule has 0 aliphatic carbocycles. The normalized spacial score (nSPS) is 17.8. The maximum Gasteiger partial charge on any atom is 0.262 e. The molecular weight excluding hydrogens is 288 g/mol. The fourth-order valence-corrected chi connectivity index (χ4v) is 3.65. The molecule has 1 aromatic heterocycles. The van der Waals surface area contributed by atoms with Crippen molar-refractivity contribution in [1.29, 1.82) is 0 Å². The Kier molecular flexibility index (Phi) is 2.43. The van der Waals surface area contributed by atoms with Crippen molar-refractivity contribution in [3.05, 3.63) is 60.0 Å². The highest BCUT2D eigenvalue weighted by Crippen LogP contribution is 2.31. The van der Waals surface area contributed by atoms with Crippen LogP contribution in [-0.4, -0.2) is 13.4 Å². The van der Waals surface area contributed by atoms with Crippen LogP contribution < -0.4 is 4.72 Å². The number of nitrogens with one attached hydrogen (secondary N) is 1. The van der Waals surface area contributed by atoms with Gasteiger partial charge in [0.05, 0.1) is 10.6 Å². The molecule has 0 amide bonds. The first kappa shape index (κ1) is 12.2. The highest BCUT2D eigenvalue weighted by atomic mass is 32.2. The van der Waals surface area contributed by atoms with E-state index in [9.17, 15) is 8.42 Å². The van der Waals surface area contributed by atoms with Gasteiger partial charge in [0, 0.05) is 11.6 Å². The van der Waals surface area contributed by atoms with Gasteiger partial charge in [-0.2, -0.15) is 0 Å². The highest BCUT2D eigenvalue weighted by Gasteiger charge is 2.29. The van der Waals surface area contributed by atoms with Crippen LogP contribution in [0.2, 0.25) is 0 Å². The van der Waals surface area contributed by atoms with Crippen molar-refractivity contribution in [3.63, 3.8) is 0 Å². The van der Waals surface area contributed by atoms with Gasteiger partial charge in [0.15, 0.2) is 5.58 Å². The molecule has 0 bridgehead atoms. The Bertz CT molecular complexity index is 954. The van der Waals surface area contributed by atoms with E-state index >= 15 is 0 Å². The monoisotopic (exact) mass is 298 g/mol. The van der Waals surface area contributed by atoms with E-state index in [4.69, 9.17) is 4.42 Å². The number of rotatable bonds is 1. The number of hydrogen-bond donors (Lipinski definition) is 1. The molecule has 1 aliphatic heterocycles. The Hall–Kier alpha value is -2.60. The summed E-state index contributed by atoms with van der Waals surface area (Å²) in [7, 11) is -3.49. The molecule has 0 unspecified atom stereocenters. The van der Waals surface area contributed by atoms with E-state index < -0.39 is 10.0 Å². The van der Waals surface area contributed by atoms with E-state index in [-0.39, 0.29) is 4.90 Å². The Morgan fingerprint density at radius 1 is 1.05 bits per heavy atom. The third-order valence-corrected chi connectivity index (χ3v) is 4.71. The Balaban J connectivity index is 1.87. The van der Waals surface area contributed by atoms with Crippen LogP contribution in [0.5, 0.6) is 0 Å². The summed E-state index contributed by atoms with van der Waals surface area (Å²) in [5, 5.41) is 0. The molecule has 0 atom stereocenters. The Morgan fingerprint density at radius 2 is 1.81 bits per heavy atom. The van der Waals surface area contributed by atoms with E-state index in [2.05, 4.69) is 9.71 Å². The summed E-state index contributed by atoms with van der Waals surface area (Å²) in [5.74, 6) is 0.366. The van der Waals surface area contributed by atoms with Crippen LogP contribution in [0.1, 0.15) is 11.5 Å². The molecular formula is C15H10N2O3S. The molecule has 0 saturated carbocycles. The van der Waals surface area contributed by atoms with Gasteiger partial charge >= 0.3 is 0 Å². The van der Waals surface area contributed by atoms with Gasteiger partial charge in [-0.1, -0.05) is 30.3 Å². The molecule has 3 aromatic rings. The van der Waals surface area contributed by atoms with Gasteiger partial charge in [-0.05, 0) is 18.2 Å². The fraction of sp³-hybridized carbons (Fsp3) is 0. The van der Waals surface area contributed by atoms with E-state index in [1.165, 1.54) is 0 Å². The van der Waals surface area contributed by atoms with Gasteiger partial charge in [-0.15, -0.1) is 0 Å². The van der Waals surface area contributed by atoms with Crippen molar-refractivity contribution in [3.8, 4) is 0 Å². The number of para-hydroxylation sites is 2. The molecule has 0 fully saturated rings. The van der Waals surface area contributed by atoms with Gasteiger partial charge < -0.3 is 4.42 Å². The van der Waals surface area contributed by atoms with E-state index in [1.54, 1.807) is 30.3 Å². The molecule has 1 N–H and O–H groups in total. The third-order valence-electron chi connectivity index (χ3n) is 3.29. The van der Waals surface area contributed by atoms with E-state index in [0.717, 1.165) is 5.52 Å². The first-order chi connectivity index (χ1) is 10.1. The zero-order valence-electron chi connectivity index (χ0n) is 10.8. The number of aromatic nitrogens is 1. The first-order valence-corrected chi connectivity index (χ1v) is 7.81. The van der Waals surface area contributed by atoms with Crippen LogP contribution in [-0.2, 0) is 10.0 Å². The lowest BCUT2D eigenvalue weighted by molar-refractivity contribution is 0.589. The van der Waals surface area contributed by atoms with Crippen LogP contribution in [0.15, 0.2) is 57.8 Å². The lowest BCUT2D eigenvalue weighted by atomic mass is 10.1. The standard InChI is InChI=1S/C15H10N2O3S/c18-21(19)14-8-4-1-5-10(14)12(17-21)9-15-16-11-6-2-3-7-13(11)20-15/h1-9,17H. The second-order valence-electron chi connectivity index (χ2n) is 4.68. The van der Waals surface area contributed by atoms with Crippen LogP contribution in [0.4, 0.5) is 0 Å². The molecule has 0 radical (unpaired) electrons. The number of nitrogens with zero attached hydrogens (tertiary/aromatic N) is 1. The minimum atomic E-state index is -3.49. The van der Waals surface area contributed by atoms with Crippen molar-refractivity contribution in [2.24, 2.45) is 0 Å². The highest BCUT2D eigenvalue weighted by molar-refractivity contribution is 7.90. The van der Waals surface area contributed by atoms with Crippen molar-refractivity contribution < 1.29 is 12.8 Å². The number of hydrogen-bond acceptors (Lipinski definition) is 4. The molecule has 5 nitrogen and oxygen atoms in total. The molecule has 4 rings (SSSR count). The molecule has 21 heavy (non-hydrogen) atoms. The lowest BCUT2D eigenvalue weighted by Gasteiger charge is -1.96. The van der Waals surface area contributed by atoms with Crippen LogP contribution >= 0.6 is 0 Å². The summed E-state index contributed by atoms with van der Waals surface area (Å²) in [5.41, 5.74) is 2.49. The number of oxazole rings is 1. The molecule has 104 valence electrons. The summed E-state index contributed by atoms with van der Waals surface area (Å²) in [6, 6.07) is 14.2. The fourth-order valence-electron chi connectivity index (χ4n) is 2.36. The average Bonchev–Trinajstić information content (AvgIpc) is 2.98. The second kappa shape index (κ2) is 4.20. The van der Waals surface area contributed by atoms with Gasteiger partial charge in [0.1, 0.15) is 5.52 Å². The van der Waals surface area contributed by atoms with Crippen molar-refractivity contribution >= 4 is 32.9 Å². The molecule has 6 heteroatoms. The summed E-state index contributed by atoms with van der Waals surface area (Å²) >= 11 is 0. The van der Waals surface area contributed by atoms with Gasteiger partial charge in [-0.25, -0.2) is 13.4 Å². The van der Waals surface area contributed by atoms with Crippen molar-refractivity contribution in [2.45, 2.75) is 4.90 Å². The maximum atomic E-state index is 12.0. The largest absolute Gasteiger partial charge is 0.437 e. The number of benzene rings is 2. The molecule has 2 aromatic carbocycles. The summed E-state index contributed by atoms with van der Waals surface area (Å²) < 4.78 is 32.2. The molecule has 0 saturated heterocycles. The van der Waals surface area contributed by atoms with E-state index in [1.807, 2.05) is 24.3 Å². The SMILES string of the molecule is O=S1(=O)NC(=Cc2nc3ccccc3o2)c2ccccc21. The maximum absolute atomic E-state index is 12.0. The van der Waals surface area contributed by atoms with Crippen LogP contribution in [0, 0.1) is 0 Å². The quantitative estimate of drug-likeness (QED) is 0.749. The smallest absolute Gasteiger partial charge is 0.262 e. The lowest BCUT2D eigenvalue weighted by Crippen LogP contribution is -2.13. The topological polar surface area (TPSA) is 72.2 Å². The molecule has 2 heterocycles. The Labute approximate surface area is 121 Å². The zero-order chi connectivity index (χ0) is 14.4. The van der Waals surface area contributed by atoms with E-state index in [0.29, 0.717) is 22.7 Å². The summed E-state index contributed by atoms with van der Waals surface area (Å²) in [4.78, 5) is 4.59. The van der Waals surface area contributed by atoms with Crippen LogP contribution in [0.3, 0.4) is 0 Å². The average molecular weight is 298 g/mol. The molecule has 1 aliphatic rings. The Morgan fingerprint density at radius 3 is 2.67 bits per heavy atom. The van der Waals surface area contributed by atoms with Gasteiger partial charge in [0.25, 0.3) is 10.0 Å². The summed E-state index contributed by atoms with van der Waals surface area (Å²) in [6.45, 7) is 0. The zero-order valence-corrected chi connectivity index (χ0v) is 11.6. The number of fused-ring (bicyclic) bond motifs is 2. The van der Waals surface area contributed by atoms with Gasteiger partial charge in [0.2, 0.25) is 5.89 Å². The predicted molar refractivity (Wildman–Crippen MR) is 78.6 cm³/mol. The van der Waals surface area contributed by atoms with Crippen LogP contribution in [0.25, 0.3) is 22.9 Å². The summed E-state index contributed by atoms with van der Waals surface area (Å²) in [6.07, 6.45) is 1.60. The molecule has 0 spiro atoms. The minimum Gasteiger partial charge on any atom is -0.437 e. The third kappa shape index (κ3) is 1.92.